The molecule has 0 bridgehead atoms. The highest BCUT2D eigenvalue weighted by Gasteiger charge is 2.15. The van der Waals surface area contributed by atoms with E-state index in [0.29, 0.717) is 12.3 Å². The SMILES string of the molecule is N#CCC1CCCN(CCO)CC1. The van der Waals surface area contributed by atoms with Crippen LogP contribution in [0.4, 0.5) is 0 Å². The molecule has 0 spiro atoms. The molecule has 0 aliphatic carbocycles. The molecule has 1 N–H and O–H groups in total. The van der Waals surface area contributed by atoms with E-state index in [4.69, 9.17) is 10.4 Å². The lowest BCUT2D eigenvalue weighted by Crippen LogP contribution is -2.27. The largest absolute Gasteiger partial charge is 0.395 e. The highest BCUT2D eigenvalue weighted by molar-refractivity contribution is 4.79. The first-order valence-electron chi connectivity index (χ1n) is 5.07. The lowest BCUT2D eigenvalue weighted by molar-refractivity contribution is 0.199. The number of likely N-dealkylation sites (tertiary alicyclic amines) is 1. The minimum absolute atomic E-state index is 0.253. The van der Waals surface area contributed by atoms with Gasteiger partial charge in [-0.05, 0) is 38.3 Å². The molecular weight excluding hydrogens is 164 g/mol. The second kappa shape index (κ2) is 5.95. The van der Waals surface area contributed by atoms with Gasteiger partial charge in [-0.2, -0.15) is 5.26 Å². The van der Waals surface area contributed by atoms with Crippen LogP contribution < -0.4 is 0 Å². The fraction of sp³-hybridized carbons (Fsp3) is 0.900. The third-order valence-corrected chi connectivity index (χ3v) is 2.74. The molecule has 3 heteroatoms. The summed E-state index contributed by atoms with van der Waals surface area (Å²) in [4.78, 5) is 2.29. The van der Waals surface area contributed by atoms with Gasteiger partial charge in [-0.1, -0.05) is 0 Å². The van der Waals surface area contributed by atoms with Crippen LogP contribution in [0.2, 0.25) is 0 Å². The summed E-state index contributed by atoms with van der Waals surface area (Å²) in [5.41, 5.74) is 0. The van der Waals surface area contributed by atoms with E-state index in [0.717, 1.165) is 26.1 Å². The van der Waals surface area contributed by atoms with Crippen LogP contribution in [0, 0.1) is 17.2 Å². The highest BCUT2D eigenvalue weighted by Crippen LogP contribution is 2.19. The Morgan fingerprint density at radius 1 is 1.38 bits per heavy atom. The summed E-state index contributed by atoms with van der Waals surface area (Å²) >= 11 is 0. The van der Waals surface area contributed by atoms with Crippen LogP contribution in [0.25, 0.3) is 0 Å². The normalized spacial score (nSPS) is 25.1. The van der Waals surface area contributed by atoms with Crippen LogP contribution in [0.1, 0.15) is 25.7 Å². The van der Waals surface area contributed by atoms with E-state index in [2.05, 4.69) is 11.0 Å². The van der Waals surface area contributed by atoms with Crippen LogP contribution >= 0.6 is 0 Å². The Balaban J connectivity index is 2.27. The smallest absolute Gasteiger partial charge is 0.0624 e. The van der Waals surface area contributed by atoms with Gasteiger partial charge in [0.15, 0.2) is 0 Å². The average molecular weight is 182 g/mol. The predicted octanol–water partition coefficient (Wildman–Crippen LogP) is 0.994. The van der Waals surface area contributed by atoms with Crippen molar-refractivity contribution >= 4 is 0 Å². The van der Waals surface area contributed by atoms with Crippen LogP contribution in [-0.2, 0) is 0 Å². The summed E-state index contributed by atoms with van der Waals surface area (Å²) in [5, 5.41) is 17.4. The van der Waals surface area contributed by atoms with Crippen LogP contribution in [0.3, 0.4) is 0 Å². The van der Waals surface area contributed by atoms with Crippen LogP contribution in [0.5, 0.6) is 0 Å². The molecule has 0 saturated carbocycles. The first-order chi connectivity index (χ1) is 6.36. The summed E-state index contributed by atoms with van der Waals surface area (Å²) in [5.74, 6) is 0.591. The Labute approximate surface area is 80.0 Å². The van der Waals surface area contributed by atoms with Gasteiger partial charge in [-0.3, -0.25) is 0 Å². The van der Waals surface area contributed by atoms with Crippen molar-refractivity contribution in [1.82, 2.24) is 4.90 Å². The molecule has 74 valence electrons. The zero-order valence-corrected chi connectivity index (χ0v) is 8.08. The Morgan fingerprint density at radius 2 is 2.23 bits per heavy atom. The minimum Gasteiger partial charge on any atom is -0.395 e. The van der Waals surface area contributed by atoms with Gasteiger partial charge >= 0.3 is 0 Å². The van der Waals surface area contributed by atoms with E-state index in [1.54, 1.807) is 0 Å². The predicted molar refractivity (Wildman–Crippen MR) is 51.1 cm³/mol. The number of β-amino-alcohol motifs (C(OH)–C–C–N with tert-alkyl or cyclic N) is 1. The van der Waals surface area contributed by atoms with E-state index >= 15 is 0 Å². The molecule has 0 aromatic rings. The summed E-state index contributed by atoms with van der Waals surface area (Å²) in [7, 11) is 0. The van der Waals surface area contributed by atoms with Crippen molar-refractivity contribution in [3.63, 3.8) is 0 Å². The van der Waals surface area contributed by atoms with E-state index in [-0.39, 0.29) is 6.61 Å². The molecule has 1 unspecified atom stereocenters. The molecule has 0 radical (unpaired) electrons. The maximum absolute atomic E-state index is 8.79. The summed E-state index contributed by atoms with van der Waals surface area (Å²) in [6.07, 6.45) is 4.17. The Morgan fingerprint density at radius 3 is 2.92 bits per heavy atom. The number of rotatable bonds is 3. The third-order valence-electron chi connectivity index (χ3n) is 2.74. The molecule has 1 heterocycles. The molecule has 0 aromatic carbocycles. The van der Waals surface area contributed by atoms with Crippen molar-refractivity contribution < 1.29 is 5.11 Å². The topological polar surface area (TPSA) is 47.3 Å². The summed E-state index contributed by atoms with van der Waals surface area (Å²) in [6.45, 7) is 3.18. The van der Waals surface area contributed by atoms with Gasteiger partial charge in [0.25, 0.3) is 0 Å². The molecule has 1 saturated heterocycles. The lowest BCUT2D eigenvalue weighted by Gasteiger charge is -2.17. The number of aliphatic hydroxyl groups is 1. The number of nitrogens with zero attached hydrogens (tertiary/aromatic N) is 2. The quantitative estimate of drug-likeness (QED) is 0.708. The van der Waals surface area contributed by atoms with Gasteiger partial charge in [0.1, 0.15) is 0 Å². The molecule has 0 amide bonds. The second-order valence-corrected chi connectivity index (χ2v) is 3.72. The zero-order chi connectivity index (χ0) is 9.52. The summed E-state index contributed by atoms with van der Waals surface area (Å²) in [6, 6.07) is 2.24. The van der Waals surface area contributed by atoms with E-state index in [9.17, 15) is 0 Å². The monoisotopic (exact) mass is 182 g/mol. The van der Waals surface area contributed by atoms with Gasteiger partial charge < -0.3 is 10.0 Å². The van der Waals surface area contributed by atoms with Crippen molar-refractivity contribution in [1.29, 1.82) is 5.26 Å². The Bertz CT molecular complexity index is 176. The number of aliphatic hydroxyl groups excluding tert-OH is 1. The fourth-order valence-electron chi connectivity index (χ4n) is 1.92. The molecule has 3 nitrogen and oxygen atoms in total. The molecule has 13 heavy (non-hydrogen) atoms. The standard InChI is InChI=1S/C10H18N2O/c11-5-3-10-2-1-6-12(7-4-10)8-9-13/h10,13H,1-4,6-9H2. The van der Waals surface area contributed by atoms with Gasteiger partial charge in [-0.25, -0.2) is 0 Å². The van der Waals surface area contributed by atoms with Crippen molar-refractivity contribution in [2.45, 2.75) is 25.7 Å². The average Bonchev–Trinajstić information content (AvgIpc) is 2.33. The Hall–Kier alpha value is -0.590. The van der Waals surface area contributed by atoms with Crippen LogP contribution in [-0.4, -0.2) is 36.2 Å². The first-order valence-corrected chi connectivity index (χ1v) is 5.07. The Kier molecular flexibility index (Phi) is 4.81. The molecule has 1 aliphatic rings. The van der Waals surface area contributed by atoms with Crippen molar-refractivity contribution in [2.75, 3.05) is 26.2 Å². The first kappa shape index (κ1) is 10.5. The number of hydrogen-bond acceptors (Lipinski definition) is 3. The maximum atomic E-state index is 8.79. The van der Waals surface area contributed by atoms with Crippen molar-refractivity contribution in [2.24, 2.45) is 5.92 Å². The fourth-order valence-corrected chi connectivity index (χ4v) is 1.92. The van der Waals surface area contributed by atoms with Gasteiger partial charge in [0, 0.05) is 13.0 Å². The van der Waals surface area contributed by atoms with E-state index < -0.39 is 0 Å². The molecular formula is C10H18N2O. The van der Waals surface area contributed by atoms with E-state index in [1.165, 1.54) is 12.8 Å². The van der Waals surface area contributed by atoms with E-state index in [1.807, 2.05) is 0 Å². The molecule has 1 rings (SSSR count). The van der Waals surface area contributed by atoms with Gasteiger partial charge in [-0.15, -0.1) is 0 Å². The minimum atomic E-state index is 0.253. The second-order valence-electron chi connectivity index (χ2n) is 3.72. The molecule has 1 fully saturated rings. The summed E-state index contributed by atoms with van der Waals surface area (Å²) < 4.78 is 0. The van der Waals surface area contributed by atoms with Crippen molar-refractivity contribution in [3.05, 3.63) is 0 Å². The number of hydrogen-bond donors (Lipinski definition) is 1. The maximum Gasteiger partial charge on any atom is 0.0624 e. The van der Waals surface area contributed by atoms with Gasteiger partial charge in [0.05, 0.1) is 12.7 Å². The van der Waals surface area contributed by atoms with Crippen molar-refractivity contribution in [3.8, 4) is 6.07 Å². The van der Waals surface area contributed by atoms with Gasteiger partial charge in [0.2, 0.25) is 0 Å². The number of nitriles is 1. The molecule has 1 atom stereocenters. The highest BCUT2D eigenvalue weighted by atomic mass is 16.3. The zero-order valence-electron chi connectivity index (χ0n) is 8.08. The lowest BCUT2D eigenvalue weighted by atomic mass is 9.98. The van der Waals surface area contributed by atoms with Crippen LogP contribution in [0.15, 0.2) is 0 Å². The molecule has 1 aliphatic heterocycles. The third kappa shape index (κ3) is 3.75. The molecule has 0 aromatic heterocycles.